The van der Waals surface area contributed by atoms with Gasteiger partial charge in [-0.2, -0.15) is 0 Å². The topological polar surface area (TPSA) is 81.8 Å². The molecule has 1 unspecified atom stereocenters. The number of rotatable bonds is 7. The molecule has 5 nitrogen and oxygen atoms in total. The minimum Gasteiger partial charge on any atom is -0.482 e. The van der Waals surface area contributed by atoms with Gasteiger partial charge in [0.15, 0.2) is 6.61 Å². The number of nitrogens with two attached hydrogens (primary N) is 1. The molecule has 0 aliphatic carbocycles. The summed E-state index contributed by atoms with van der Waals surface area (Å²) in [6, 6.07) is 6.96. The van der Waals surface area contributed by atoms with Crippen LogP contribution in [-0.4, -0.2) is 36.9 Å². The molecule has 1 rings (SSSR count). The van der Waals surface area contributed by atoms with Gasteiger partial charge in [-0.1, -0.05) is 18.2 Å². The van der Waals surface area contributed by atoms with E-state index >= 15 is 0 Å². The van der Waals surface area contributed by atoms with Crippen LogP contribution in [0.2, 0.25) is 0 Å². The summed E-state index contributed by atoms with van der Waals surface area (Å²) in [5.41, 5.74) is 6.54. The number of esters is 1. The Labute approximate surface area is 119 Å². The molecule has 0 aliphatic heterocycles. The predicted molar refractivity (Wildman–Crippen MR) is 74.6 cm³/mol. The lowest BCUT2D eigenvalue weighted by Gasteiger charge is -2.13. The molecular weight excluding hydrogens is 270 g/mol. The lowest BCUT2D eigenvalue weighted by atomic mass is 10.1. The van der Waals surface area contributed by atoms with Crippen molar-refractivity contribution < 1.29 is 19.4 Å². The lowest BCUT2D eigenvalue weighted by molar-refractivity contribution is -0.145. The average molecular weight is 290 g/mol. The lowest BCUT2D eigenvalue weighted by Crippen LogP contribution is -2.27. The molecular formula is C13H20ClNO4. The number of hydrogen-bond donors (Lipinski definition) is 2. The van der Waals surface area contributed by atoms with Gasteiger partial charge in [0.2, 0.25) is 0 Å². The highest BCUT2D eigenvalue weighted by molar-refractivity contribution is 5.85. The Morgan fingerprint density at radius 3 is 2.74 bits per heavy atom. The fourth-order valence-corrected chi connectivity index (χ4v) is 1.50. The molecule has 0 radical (unpaired) electrons. The third-order valence-corrected chi connectivity index (χ3v) is 2.34. The first-order valence-corrected chi connectivity index (χ1v) is 5.90. The van der Waals surface area contributed by atoms with E-state index in [-0.39, 0.29) is 31.7 Å². The highest BCUT2D eigenvalue weighted by Crippen LogP contribution is 2.19. The van der Waals surface area contributed by atoms with Gasteiger partial charge in [0.25, 0.3) is 0 Å². The summed E-state index contributed by atoms with van der Waals surface area (Å²) in [6.45, 7) is 1.86. The number of aliphatic hydroxyl groups excluding tert-OH is 1. The van der Waals surface area contributed by atoms with E-state index in [1.54, 1.807) is 13.0 Å². The van der Waals surface area contributed by atoms with E-state index < -0.39 is 5.97 Å². The molecule has 0 amide bonds. The summed E-state index contributed by atoms with van der Waals surface area (Å²) < 4.78 is 10.2. The Kier molecular flexibility index (Phi) is 8.95. The Morgan fingerprint density at radius 1 is 1.42 bits per heavy atom. The Hall–Kier alpha value is -1.30. The van der Waals surface area contributed by atoms with Crippen molar-refractivity contribution in [2.24, 2.45) is 5.73 Å². The van der Waals surface area contributed by atoms with Crippen LogP contribution in [-0.2, 0) is 16.0 Å². The zero-order valence-corrected chi connectivity index (χ0v) is 11.7. The second-order valence-electron chi connectivity index (χ2n) is 3.85. The summed E-state index contributed by atoms with van der Waals surface area (Å²) >= 11 is 0. The largest absolute Gasteiger partial charge is 0.482 e. The molecule has 0 aliphatic rings. The van der Waals surface area contributed by atoms with E-state index in [4.69, 9.17) is 20.3 Å². The van der Waals surface area contributed by atoms with Gasteiger partial charge in [-0.3, -0.25) is 0 Å². The highest BCUT2D eigenvalue weighted by Gasteiger charge is 2.09. The Balaban J connectivity index is 0.00000324. The zero-order chi connectivity index (χ0) is 13.4. The quantitative estimate of drug-likeness (QED) is 0.729. The molecule has 108 valence electrons. The second kappa shape index (κ2) is 9.61. The fraction of sp³-hybridized carbons (Fsp3) is 0.462. The molecule has 0 bridgehead atoms. The van der Waals surface area contributed by atoms with Crippen molar-refractivity contribution in [3.63, 3.8) is 0 Å². The SMILES string of the molecule is CCOC(=O)COc1ccccc1CC(N)CO.Cl. The summed E-state index contributed by atoms with van der Waals surface area (Å²) in [4.78, 5) is 11.2. The molecule has 0 saturated carbocycles. The second-order valence-corrected chi connectivity index (χ2v) is 3.85. The van der Waals surface area contributed by atoms with Crippen LogP contribution in [0.1, 0.15) is 12.5 Å². The maximum absolute atomic E-state index is 11.2. The van der Waals surface area contributed by atoms with Gasteiger partial charge in [0, 0.05) is 6.04 Å². The number of benzene rings is 1. The molecule has 1 atom stereocenters. The standard InChI is InChI=1S/C13H19NO4.ClH/c1-2-17-13(16)9-18-12-6-4-3-5-10(12)7-11(14)8-15;/h3-6,11,15H,2,7-9,14H2,1H3;1H. The molecule has 0 spiro atoms. The van der Waals surface area contributed by atoms with Gasteiger partial charge in [-0.15, -0.1) is 12.4 Å². The van der Waals surface area contributed by atoms with Crippen LogP contribution in [0.3, 0.4) is 0 Å². The predicted octanol–water partition coefficient (Wildman–Crippen LogP) is 0.912. The van der Waals surface area contributed by atoms with Gasteiger partial charge in [-0.25, -0.2) is 4.79 Å². The maximum atomic E-state index is 11.2. The summed E-state index contributed by atoms with van der Waals surface area (Å²) in [5.74, 6) is 0.188. The number of para-hydroxylation sites is 1. The van der Waals surface area contributed by atoms with Crippen LogP contribution in [0, 0.1) is 0 Å². The minimum atomic E-state index is -0.404. The van der Waals surface area contributed by atoms with E-state index in [0.29, 0.717) is 18.8 Å². The first kappa shape index (κ1) is 17.7. The molecule has 0 fully saturated rings. The van der Waals surface area contributed by atoms with Crippen LogP contribution in [0.15, 0.2) is 24.3 Å². The van der Waals surface area contributed by atoms with Crippen molar-refractivity contribution in [2.45, 2.75) is 19.4 Å². The van der Waals surface area contributed by atoms with Crippen LogP contribution in [0.25, 0.3) is 0 Å². The van der Waals surface area contributed by atoms with Gasteiger partial charge < -0.3 is 20.3 Å². The summed E-state index contributed by atoms with van der Waals surface area (Å²) in [6.07, 6.45) is 0.496. The van der Waals surface area contributed by atoms with Gasteiger partial charge in [0.05, 0.1) is 13.2 Å². The van der Waals surface area contributed by atoms with E-state index in [9.17, 15) is 4.79 Å². The van der Waals surface area contributed by atoms with E-state index in [1.165, 1.54) is 0 Å². The molecule has 1 aromatic rings. The van der Waals surface area contributed by atoms with Crippen LogP contribution < -0.4 is 10.5 Å². The van der Waals surface area contributed by atoms with Crippen LogP contribution >= 0.6 is 12.4 Å². The third-order valence-electron chi connectivity index (χ3n) is 2.34. The fourth-order valence-electron chi connectivity index (χ4n) is 1.50. The molecule has 0 heterocycles. The van der Waals surface area contributed by atoms with E-state index in [2.05, 4.69) is 0 Å². The van der Waals surface area contributed by atoms with Gasteiger partial charge in [-0.05, 0) is 25.0 Å². The molecule has 19 heavy (non-hydrogen) atoms. The maximum Gasteiger partial charge on any atom is 0.344 e. The number of carbonyl (C=O) groups excluding carboxylic acids is 1. The van der Waals surface area contributed by atoms with E-state index in [0.717, 1.165) is 5.56 Å². The monoisotopic (exact) mass is 289 g/mol. The smallest absolute Gasteiger partial charge is 0.344 e. The third kappa shape index (κ3) is 6.42. The van der Waals surface area contributed by atoms with Crippen molar-refractivity contribution in [1.82, 2.24) is 0 Å². The summed E-state index contributed by atoms with van der Waals surface area (Å²) in [5, 5.41) is 8.94. The molecule has 6 heteroatoms. The minimum absolute atomic E-state index is 0. The first-order valence-electron chi connectivity index (χ1n) is 5.90. The number of carbonyl (C=O) groups is 1. The van der Waals surface area contributed by atoms with Gasteiger partial charge in [0.1, 0.15) is 5.75 Å². The first-order chi connectivity index (χ1) is 8.67. The Morgan fingerprint density at radius 2 is 2.11 bits per heavy atom. The molecule has 0 aromatic heterocycles. The number of aliphatic hydroxyl groups is 1. The zero-order valence-electron chi connectivity index (χ0n) is 10.9. The van der Waals surface area contributed by atoms with Crippen molar-refractivity contribution in [1.29, 1.82) is 0 Å². The van der Waals surface area contributed by atoms with Crippen molar-refractivity contribution in [3.8, 4) is 5.75 Å². The summed E-state index contributed by atoms with van der Waals surface area (Å²) in [7, 11) is 0. The highest BCUT2D eigenvalue weighted by atomic mass is 35.5. The normalized spacial score (nSPS) is 11.3. The number of hydrogen-bond acceptors (Lipinski definition) is 5. The van der Waals surface area contributed by atoms with Crippen molar-refractivity contribution in [3.05, 3.63) is 29.8 Å². The Bertz CT molecular complexity index is 387. The number of halogens is 1. The van der Waals surface area contributed by atoms with Gasteiger partial charge >= 0.3 is 5.97 Å². The van der Waals surface area contributed by atoms with Crippen molar-refractivity contribution >= 4 is 18.4 Å². The van der Waals surface area contributed by atoms with E-state index in [1.807, 2.05) is 18.2 Å². The average Bonchev–Trinajstić information content (AvgIpc) is 2.38. The van der Waals surface area contributed by atoms with Crippen LogP contribution in [0.5, 0.6) is 5.75 Å². The van der Waals surface area contributed by atoms with Crippen LogP contribution in [0.4, 0.5) is 0 Å². The van der Waals surface area contributed by atoms with Crippen molar-refractivity contribution in [2.75, 3.05) is 19.8 Å². The number of ether oxygens (including phenoxy) is 2. The molecule has 0 saturated heterocycles. The molecule has 3 N–H and O–H groups in total. The molecule has 1 aromatic carbocycles.